The zero-order valence-corrected chi connectivity index (χ0v) is 11.2. The van der Waals surface area contributed by atoms with Crippen molar-refractivity contribution in [3.63, 3.8) is 0 Å². The second kappa shape index (κ2) is 6.92. The lowest BCUT2D eigenvalue weighted by Crippen LogP contribution is -2.36. The highest BCUT2D eigenvalue weighted by Crippen LogP contribution is 2.17. The Labute approximate surface area is 114 Å². The van der Waals surface area contributed by atoms with Gasteiger partial charge < -0.3 is 10.6 Å². The van der Waals surface area contributed by atoms with Crippen LogP contribution in [0.2, 0.25) is 0 Å². The first-order valence-corrected chi connectivity index (χ1v) is 6.91. The van der Waals surface area contributed by atoms with Crippen molar-refractivity contribution in [3.05, 3.63) is 36.7 Å². The van der Waals surface area contributed by atoms with Gasteiger partial charge in [-0.15, -0.1) is 6.58 Å². The lowest BCUT2D eigenvalue weighted by molar-refractivity contribution is 0.0922. The molecule has 1 amide bonds. The van der Waals surface area contributed by atoms with Gasteiger partial charge in [0, 0.05) is 12.6 Å². The maximum absolute atomic E-state index is 12.0. The Kier molecular flexibility index (Phi) is 4.95. The molecule has 0 atom stereocenters. The third-order valence-electron chi connectivity index (χ3n) is 3.39. The first-order valence-electron chi connectivity index (χ1n) is 6.91. The molecule has 0 aromatic carbocycles. The van der Waals surface area contributed by atoms with Crippen molar-refractivity contribution in [2.45, 2.75) is 38.1 Å². The Morgan fingerprint density at radius 2 is 2.16 bits per heavy atom. The smallest absolute Gasteiger partial charge is 0.270 e. The molecule has 1 fully saturated rings. The number of rotatable bonds is 5. The van der Waals surface area contributed by atoms with E-state index in [9.17, 15) is 4.79 Å². The molecule has 0 saturated heterocycles. The lowest BCUT2D eigenvalue weighted by atomic mass is 9.95. The SMILES string of the molecule is C=CCNc1ccc(C(=O)NC2CCCCC2)nc1. The van der Waals surface area contributed by atoms with Crippen LogP contribution < -0.4 is 10.6 Å². The van der Waals surface area contributed by atoms with Gasteiger partial charge in [0.25, 0.3) is 5.91 Å². The van der Waals surface area contributed by atoms with E-state index in [1.807, 2.05) is 6.07 Å². The Bertz CT molecular complexity index is 422. The molecule has 0 radical (unpaired) electrons. The molecule has 19 heavy (non-hydrogen) atoms. The standard InChI is InChI=1S/C15H21N3O/c1-2-10-16-13-8-9-14(17-11-13)15(19)18-12-6-4-3-5-7-12/h2,8-9,11-12,16H,1,3-7,10H2,(H,18,19). The summed E-state index contributed by atoms with van der Waals surface area (Å²) >= 11 is 0. The largest absolute Gasteiger partial charge is 0.380 e. The first kappa shape index (κ1) is 13.6. The number of amides is 1. The predicted octanol–water partition coefficient (Wildman–Crippen LogP) is 2.74. The number of aromatic nitrogens is 1. The van der Waals surface area contributed by atoms with Gasteiger partial charge in [-0.05, 0) is 25.0 Å². The number of nitrogens with zero attached hydrogens (tertiary/aromatic N) is 1. The zero-order chi connectivity index (χ0) is 13.5. The molecule has 1 aromatic heterocycles. The Morgan fingerprint density at radius 1 is 1.37 bits per heavy atom. The minimum absolute atomic E-state index is 0.0674. The predicted molar refractivity (Wildman–Crippen MR) is 77.3 cm³/mol. The molecular formula is C15H21N3O. The van der Waals surface area contributed by atoms with E-state index in [2.05, 4.69) is 22.2 Å². The molecule has 0 bridgehead atoms. The minimum Gasteiger partial charge on any atom is -0.380 e. The minimum atomic E-state index is -0.0674. The highest BCUT2D eigenvalue weighted by molar-refractivity contribution is 5.92. The van der Waals surface area contributed by atoms with Gasteiger partial charge in [0.1, 0.15) is 5.69 Å². The van der Waals surface area contributed by atoms with Crippen LogP contribution >= 0.6 is 0 Å². The highest BCUT2D eigenvalue weighted by Gasteiger charge is 2.17. The van der Waals surface area contributed by atoms with Crippen LogP contribution in [0.1, 0.15) is 42.6 Å². The maximum atomic E-state index is 12.0. The molecule has 0 spiro atoms. The van der Waals surface area contributed by atoms with Crippen molar-refractivity contribution >= 4 is 11.6 Å². The van der Waals surface area contributed by atoms with Crippen LogP contribution in [0.5, 0.6) is 0 Å². The van der Waals surface area contributed by atoms with Crippen LogP contribution in [-0.2, 0) is 0 Å². The summed E-state index contributed by atoms with van der Waals surface area (Å²) in [5.41, 5.74) is 1.38. The zero-order valence-electron chi connectivity index (χ0n) is 11.2. The van der Waals surface area contributed by atoms with Crippen molar-refractivity contribution in [2.24, 2.45) is 0 Å². The highest BCUT2D eigenvalue weighted by atomic mass is 16.1. The fourth-order valence-corrected chi connectivity index (χ4v) is 2.33. The molecule has 0 unspecified atom stereocenters. The van der Waals surface area contributed by atoms with Crippen LogP contribution in [-0.4, -0.2) is 23.5 Å². The van der Waals surface area contributed by atoms with Crippen molar-refractivity contribution in [1.29, 1.82) is 0 Å². The van der Waals surface area contributed by atoms with Crippen LogP contribution in [0.25, 0.3) is 0 Å². The molecule has 0 aliphatic heterocycles. The van der Waals surface area contributed by atoms with E-state index in [0.717, 1.165) is 18.5 Å². The molecule has 1 aliphatic carbocycles. The number of carbonyl (C=O) groups excluding carboxylic acids is 1. The fourth-order valence-electron chi connectivity index (χ4n) is 2.33. The van der Waals surface area contributed by atoms with Crippen molar-refractivity contribution in [3.8, 4) is 0 Å². The molecule has 1 aliphatic rings. The number of nitrogens with one attached hydrogen (secondary N) is 2. The van der Waals surface area contributed by atoms with E-state index in [1.165, 1.54) is 19.3 Å². The third kappa shape index (κ3) is 4.09. The summed E-state index contributed by atoms with van der Waals surface area (Å²) in [5, 5.41) is 6.19. The molecule has 4 heteroatoms. The van der Waals surface area contributed by atoms with Gasteiger partial charge in [-0.25, -0.2) is 4.98 Å². The summed E-state index contributed by atoms with van der Waals surface area (Å²) in [6.45, 7) is 4.33. The molecular weight excluding hydrogens is 238 g/mol. The normalized spacial score (nSPS) is 15.8. The lowest BCUT2D eigenvalue weighted by Gasteiger charge is -2.22. The summed E-state index contributed by atoms with van der Waals surface area (Å²) in [5.74, 6) is -0.0674. The Hall–Kier alpha value is -1.84. The van der Waals surface area contributed by atoms with E-state index < -0.39 is 0 Å². The first-order chi connectivity index (χ1) is 9.29. The van der Waals surface area contributed by atoms with E-state index >= 15 is 0 Å². The summed E-state index contributed by atoms with van der Waals surface area (Å²) in [6, 6.07) is 3.94. The van der Waals surface area contributed by atoms with Crippen molar-refractivity contribution < 1.29 is 4.79 Å². The third-order valence-corrected chi connectivity index (χ3v) is 3.39. The van der Waals surface area contributed by atoms with Gasteiger partial charge in [-0.2, -0.15) is 0 Å². The van der Waals surface area contributed by atoms with Gasteiger partial charge >= 0.3 is 0 Å². The van der Waals surface area contributed by atoms with Crippen molar-refractivity contribution in [2.75, 3.05) is 11.9 Å². The summed E-state index contributed by atoms with van der Waals surface area (Å²) in [6.07, 6.45) is 9.35. The second-order valence-corrected chi connectivity index (χ2v) is 4.91. The average molecular weight is 259 g/mol. The summed E-state index contributed by atoms with van der Waals surface area (Å²) < 4.78 is 0. The number of pyridine rings is 1. The van der Waals surface area contributed by atoms with E-state index in [4.69, 9.17) is 0 Å². The van der Waals surface area contributed by atoms with E-state index in [-0.39, 0.29) is 5.91 Å². The van der Waals surface area contributed by atoms with Crippen molar-refractivity contribution in [1.82, 2.24) is 10.3 Å². The van der Waals surface area contributed by atoms with Crippen LogP contribution in [0.3, 0.4) is 0 Å². The van der Waals surface area contributed by atoms with Gasteiger partial charge in [0.2, 0.25) is 0 Å². The van der Waals surface area contributed by atoms with E-state index in [1.54, 1.807) is 18.3 Å². The topological polar surface area (TPSA) is 54.0 Å². The second-order valence-electron chi connectivity index (χ2n) is 4.91. The number of hydrogen-bond acceptors (Lipinski definition) is 3. The maximum Gasteiger partial charge on any atom is 0.270 e. The van der Waals surface area contributed by atoms with E-state index in [0.29, 0.717) is 18.3 Å². The van der Waals surface area contributed by atoms with Gasteiger partial charge in [0.15, 0.2) is 0 Å². The van der Waals surface area contributed by atoms with Gasteiger partial charge in [-0.3, -0.25) is 4.79 Å². The average Bonchev–Trinajstić information content (AvgIpc) is 2.46. The molecule has 1 heterocycles. The number of anilines is 1. The molecule has 1 aromatic rings. The fraction of sp³-hybridized carbons (Fsp3) is 0.467. The monoisotopic (exact) mass is 259 g/mol. The van der Waals surface area contributed by atoms with Crippen LogP contribution in [0.4, 0.5) is 5.69 Å². The number of hydrogen-bond donors (Lipinski definition) is 2. The molecule has 102 valence electrons. The Morgan fingerprint density at radius 3 is 2.79 bits per heavy atom. The van der Waals surface area contributed by atoms with Crippen LogP contribution in [0.15, 0.2) is 31.0 Å². The molecule has 1 saturated carbocycles. The molecule has 2 N–H and O–H groups in total. The molecule has 2 rings (SSSR count). The van der Waals surface area contributed by atoms with Crippen LogP contribution in [0, 0.1) is 0 Å². The summed E-state index contributed by atoms with van der Waals surface area (Å²) in [4.78, 5) is 16.2. The number of carbonyl (C=O) groups is 1. The Balaban J connectivity index is 1.89. The molecule has 4 nitrogen and oxygen atoms in total. The van der Waals surface area contributed by atoms with Gasteiger partial charge in [-0.1, -0.05) is 25.3 Å². The van der Waals surface area contributed by atoms with Gasteiger partial charge in [0.05, 0.1) is 11.9 Å². The quantitative estimate of drug-likeness (QED) is 0.799. The summed E-state index contributed by atoms with van der Waals surface area (Å²) in [7, 11) is 0.